The summed E-state index contributed by atoms with van der Waals surface area (Å²) in [7, 11) is 0. The maximum absolute atomic E-state index is 14.3. The fourth-order valence-electron chi connectivity index (χ4n) is 6.21. The lowest BCUT2D eigenvalue weighted by molar-refractivity contribution is -0.147. The minimum atomic E-state index is -4.47. The van der Waals surface area contributed by atoms with Crippen molar-refractivity contribution >= 4 is 46.7 Å². The number of halogens is 5. The Morgan fingerprint density at radius 1 is 1.07 bits per heavy atom. The largest absolute Gasteiger partial charge is 0.481 e. The molecule has 2 amide bonds. The number of nitrogens with zero attached hydrogens (tertiary/aromatic N) is 2. The number of nitrogens with one attached hydrogen (secondary N) is 1. The second-order valence-electron chi connectivity index (χ2n) is 12.6. The quantitative estimate of drug-likeness (QED) is 0.288. The predicted molar refractivity (Wildman–Crippen MR) is 163 cm³/mol. The highest BCUT2D eigenvalue weighted by molar-refractivity contribution is 6.47. The molecule has 0 aromatic heterocycles. The van der Waals surface area contributed by atoms with E-state index in [0.717, 1.165) is 12.8 Å². The normalized spacial score (nSPS) is 21.4. The number of carbonyl (C=O) groups excluding carboxylic acids is 2. The van der Waals surface area contributed by atoms with Crippen molar-refractivity contribution < 1.29 is 32.7 Å². The number of hydrogen-bond acceptors (Lipinski definition) is 4. The maximum Gasteiger partial charge on any atom is 0.389 e. The number of rotatable bonds is 9. The van der Waals surface area contributed by atoms with Gasteiger partial charge >= 0.3 is 12.1 Å². The fraction of sp³-hybridized carbons (Fsp3) is 0.500. The number of carboxylic acid groups (broad SMARTS) is 1. The molecule has 2 aromatic carbocycles. The van der Waals surface area contributed by atoms with Gasteiger partial charge in [-0.05, 0) is 79.3 Å². The van der Waals surface area contributed by atoms with Crippen molar-refractivity contribution in [1.29, 1.82) is 0 Å². The van der Waals surface area contributed by atoms with Crippen molar-refractivity contribution in [1.82, 2.24) is 10.2 Å². The van der Waals surface area contributed by atoms with Crippen molar-refractivity contribution in [3.05, 3.63) is 69.2 Å². The van der Waals surface area contributed by atoms with E-state index in [1.165, 1.54) is 23.1 Å². The summed E-state index contributed by atoms with van der Waals surface area (Å²) in [4.78, 5) is 44.1. The Labute approximate surface area is 264 Å². The van der Waals surface area contributed by atoms with Gasteiger partial charge in [0, 0.05) is 34.1 Å². The summed E-state index contributed by atoms with van der Waals surface area (Å²) in [5.41, 5.74) is 0.102. The molecule has 2 aromatic rings. The first kappa shape index (κ1) is 33.8. The third-order valence-corrected chi connectivity index (χ3v) is 8.97. The van der Waals surface area contributed by atoms with Gasteiger partial charge in [0.15, 0.2) is 0 Å². The summed E-state index contributed by atoms with van der Waals surface area (Å²) >= 11 is 12.5. The molecule has 0 bridgehead atoms. The van der Waals surface area contributed by atoms with Gasteiger partial charge in [-0.1, -0.05) is 56.1 Å². The zero-order chi connectivity index (χ0) is 32.4. The van der Waals surface area contributed by atoms with Crippen LogP contribution in [0.15, 0.2) is 47.5 Å². The van der Waals surface area contributed by atoms with E-state index in [2.05, 4.69) is 26.1 Å². The molecule has 0 saturated heterocycles. The molecule has 12 heteroatoms. The Balaban J connectivity index is 1.74. The number of benzene rings is 2. The molecule has 4 rings (SSSR count). The molecule has 44 heavy (non-hydrogen) atoms. The topological polar surface area (TPSA) is 99.1 Å². The van der Waals surface area contributed by atoms with Crippen LogP contribution >= 0.6 is 23.2 Å². The highest BCUT2D eigenvalue weighted by Crippen LogP contribution is 2.50. The zero-order valence-corrected chi connectivity index (χ0v) is 26.3. The summed E-state index contributed by atoms with van der Waals surface area (Å²) < 4.78 is 41.0. The van der Waals surface area contributed by atoms with Crippen LogP contribution in [0.5, 0.6) is 0 Å². The molecular weight excluding hydrogens is 618 g/mol. The predicted octanol–water partition coefficient (Wildman–Crippen LogP) is 7.85. The highest BCUT2D eigenvalue weighted by Gasteiger charge is 2.53. The standard InChI is InChI=1S/C32H36Cl2F3N3O4/c1-30(2,3)22-8-12-31(13-9-22)39-27(21-16-23(33)18-24(34)17-21)29(44)40(31)25(10-14-32(35,36)37)19-4-6-20(7-5-19)28(43)38-15-11-26(41)42/h4-7,16-18,22,25H,8-15H2,1-3H3,(H,38,43)(H,41,42)/t22?,25-,31?/m1/s1. The molecule has 2 aliphatic rings. The lowest BCUT2D eigenvalue weighted by Crippen LogP contribution is -2.51. The lowest BCUT2D eigenvalue weighted by Gasteiger charge is -2.47. The maximum atomic E-state index is 14.3. The number of carboxylic acids is 1. The molecule has 0 unspecified atom stereocenters. The van der Waals surface area contributed by atoms with Gasteiger partial charge in [-0.25, -0.2) is 0 Å². The summed E-state index contributed by atoms with van der Waals surface area (Å²) in [6, 6.07) is 9.71. The molecule has 2 N–H and O–H groups in total. The highest BCUT2D eigenvalue weighted by atomic mass is 35.5. The third kappa shape index (κ3) is 7.93. The number of amides is 2. The monoisotopic (exact) mass is 653 g/mol. The number of carbonyl (C=O) groups is 3. The van der Waals surface area contributed by atoms with E-state index in [0.29, 0.717) is 39.9 Å². The average molecular weight is 655 g/mol. The zero-order valence-electron chi connectivity index (χ0n) is 24.8. The molecule has 1 saturated carbocycles. The van der Waals surface area contributed by atoms with Gasteiger partial charge in [-0.15, -0.1) is 0 Å². The third-order valence-electron chi connectivity index (χ3n) is 8.53. The summed E-state index contributed by atoms with van der Waals surface area (Å²) in [6.07, 6.45) is -3.81. The Morgan fingerprint density at radius 2 is 1.66 bits per heavy atom. The minimum absolute atomic E-state index is 0.0125. The van der Waals surface area contributed by atoms with Crippen molar-refractivity contribution in [3.63, 3.8) is 0 Å². The van der Waals surface area contributed by atoms with Crippen LogP contribution in [0.3, 0.4) is 0 Å². The molecule has 1 fully saturated rings. The van der Waals surface area contributed by atoms with Crippen LogP contribution in [-0.2, 0) is 9.59 Å². The molecule has 238 valence electrons. The molecular formula is C32H36Cl2F3N3O4. The van der Waals surface area contributed by atoms with E-state index in [1.807, 2.05) is 0 Å². The van der Waals surface area contributed by atoms with E-state index in [-0.39, 0.29) is 29.7 Å². The Hall–Kier alpha value is -3.11. The SMILES string of the molecule is CC(C)(C)C1CCC2(CC1)N=C(c1cc(Cl)cc(Cl)c1)C(=O)N2[C@H](CCC(F)(F)F)c1ccc(C(=O)NCCC(=O)O)cc1. The van der Waals surface area contributed by atoms with Gasteiger partial charge in [0.25, 0.3) is 11.8 Å². The number of aliphatic imine (C=N–C) groups is 1. The van der Waals surface area contributed by atoms with Crippen molar-refractivity contribution in [2.75, 3.05) is 6.54 Å². The first-order valence-corrected chi connectivity index (χ1v) is 15.3. The summed E-state index contributed by atoms with van der Waals surface area (Å²) in [5, 5.41) is 11.9. The van der Waals surface area contributed by atoms with Crippen LogP contribution in [0, 0.1) is 11.3 Å². The van der Waals surface area contributed by atoms with Crippen molar-refractivity contribution in [2.45, 2.75) is 83.6 Å². The van der Waals surface area contributed by atoms with Gasteiger partial charge in [0.2, 0.25) is 0 Å². The molecule has 1 spiro atoms. The average Bonchev–Trinajstić information content (AvgIpc) is 3.19. The number of hydrogen-bond donors (Lipinski definition) is 2. The second-order valence-corrected chi connectivity index (χ2v) is 13.5. The molecule has 0 radical (unpaired) electrons. The van der Waals surface area contributed by atoms with Crippen molar-refractivity contribution in [2.24, 2.45) is 16.3 Å². The van der Waals surface area contributed by atoms with Crippen LogP contribution in [0.2, 0.25) is 10.0 Å². The van der Waals surface area contributed by atoms with E-state index in [9.17, 15) is 27.6 Å². The second kappa shape index (κ2) is 13.1. The molecule has 7 nitrogen and oxygen atoms in total. The minimum Gasteiger partial charge on any atom is -0.481 e. The fourth-order valence-corrected chi connectivity index (χ4v) is 6.73. The Bertz CT molecular complexity index is 1410. The van der Waals surface area contributed by atoms with E-state index in [1.54, 1.807) is 24.3 Å². The van der Waals surface area contributed by atoms with Crippen LogP contribution in [0.25, 0.3) is 0 Å². The van der Waals surface area contributed by atoms with Crippen LogP contribution in [0.4, 0.5) is 13.2 Å². The number of alkyl halides is 3. The summed E-state index contributed by atoms with van der Waals surface area (Å²) in [6.45, 7) is 6.39. The Kier molecular flexibility index (Phi) is 10.0. The summed E-state index contributed by atoms with van der Waals surface area (Å²) in [5.74, 6) is -1.73. The number of aliphatic carboxylic acids is 1. The van der Waals surface area contributed by atoms with Crippen LogP contribution in [0.1, 0.15) is 93.2 Å². The molecule has 1 atom stereocenters. The first-order valence-electron chi connectivity index (χ1n) is 14.6. The van der Waals surface area contributed by atoms with Crippen molar-refractivity contribution in [3.8, 4) is 0 Å². The van der Waals surface area contributed by atoms with Gasteiger partial charge in [0.1, 0.15) is 11.4 Å². The Morgan fingerprint density at radius 3 is 2.18 bits per heavy atom. The smallest absolute Gasteiger partial charge is 0.389 e. The molecule has 1 aliphatic carbocycles. The first-order chi connectivity index (χ1) is 20.5. The van der Waals surface area contributed by atoms with Gasteiger partial charge in [0.05, 0.1) is 12.5 Å². The van der Waals surface area contributed by atoms with E-state index in [4.69, 9.17) is 33.3 Å². The van der Waals surface area contributed by atoms with Gasteiger partial charge in [-0.2, -0.15) is 13.2 Å². The van der Waals surface area contributed by atoms with E-state index < -0.39 is 48.5 Å². The molecule has 1 aliphatic heterocycles. The van der Waals surface area contributed by atoms with E-state index >= 15 is 0 Å². The lowest BCUT2D eigenvalue weighted by atomic mass is 9.69. The van der Waals surface area contributed by atoms with Crippen LogP contribution in [-0.4, -0.2) is 51.9 Å². The molecule has 1 heterocycles. The van der Waals surface area contributed by atoms with Crippen LogP contribution < -0.4 is 5.32 Å². The van der Waals surface area contributed by atoms with Gasteiger partial charge < -0.3 is 15.3 Å². The van der Waals surface area contributed by atoms with Gasteiger partial charge in [-0.3, -0.25) is 19.4 Å².